The van der Waals surface area contributed by atoms with Crippen LogP contribution in [-0.2, 0) is 144 Å². The van der Waals surface area contributed by atoms with Gasteiger partial charge in [-0.2, -0.15) is 0 Å². The molecule has 0 bridgehead atoms. The summed E-state index contributed by atoms with van der Waals surface area (Å²) >= 11 is 0. The monoisotopic (exact) mass is 1890 g/mol. The summed E-state index contributed by atoms with van der Waals surface area (Å²) in [4.78, 5) is 129. The Morgan fingerprint density at radius 3 is 0.886 bits per heavy atom. The number of phosphoric acid groups is 5. The zero-order chi connectivity index (χ0) is 92.5. The van der Waals surface area contributed by atoms with Gasteiger partial charge in [-0.1, -0.05) is 142 Å². The predicted molar refractivity (Wildman–Crippen MR) is 424 cm³/mol. The van der Waals surface area contributed by atoms with Gasteiger partial charge in [0.1, 0.15) is 110 Å². The summed E-state index contributed by atoms with van der Waals surface area (Å²) in [5.74, 6) is -6.19. The highest BCUT2D eigenvalue weighted by molar-refractivity contribution is 7.48. The van der Waals surface area contributed by atoms with Gasteiger partial charge in [0, 0.05) is 12.8 Å². The number of ether oxygens (including phenoxy) is 10. The Kier molecular flexibility index (Phi) is 58.5. The number of phosphoric ester groups is 5. The lowest BCUT2D eigenvalue weighted by atomic mass is 9.98. The SMILES string of the molecule is CCCCCCCCCCCCCC(=O)OC[C@H](CO[C@@H]1O[C@H](CO[C@@H]2O[C@H](COP(=O)(O)OC[C@H](COP(=O)(O)OC[C@H](COP(=O)(O)OC[C@H](COP(=O)(O)OC[C@H](COP(=O)(O)OC[C@@H](O)CO)OC(=O)[C@@H](C)N)OC(=O)[C@@H](C)N)OC(=O)[C@@H](C)N)OC(=O)[C@@H](C)N)[C@@H](O)[C@H](O)[C@H]2O)[C@@H](O)[C@H](O)[C@H]1O)OC(=O)CCCCCCCCCCCCC. The number of carbonyl (C=O) groups is 6. The van der Waals surface area contributed by atoms with E-state index in [9.17, 15) is 112 Å². The normalized spacial score (nSPS) is 24.3. The summed E-state index contributed by atoms with van der Waals surface area (Å²) in [6.07, 6.45) is -7.02. The molecule has 2 fully saturated rings. The Hall–Kier alpha value is -3.27. The van der Waals surface area contributed by atoms with Crippen molar-refractivity contribution in [2.24, 2.45) is 22.9 Å². The average Bonchev–Trinajstić information content (AvgIpc) is 0.802. The molecule has 2 aliphatic rings. The van der Waals surface area contributed by atoms with Gasteiger partial charge in [0.05, 0.1) is 85.9 Å². The molecule has 2 rings (SSSR count). The van der Waals surface area contributed by atoms with Crippen LogP contribution in [0.4, 0.5) is 0 Å². The number of carbonyl (C=O) groups excluding carboxylic acids is 6. The highest BCUT2D eigenvalue weighted by Crippen LogP contribution is 2.49. The zero-order valence-corrected chi connectivity index (χ0v) is 74.9. The van der Waals surface area contributed by atoms with Gasteiger partial charge in [0.15, 0.2) is 18.7 Å². The Morgan fingerprint density at radius 2 is 0.585 bits per heavy atom. The minimum Gasteiger partial charge on any atom is -0.462 e. The van der Waals surface area contributed by atoms with E-state index >= 15 is 0 Å². The van der Waals surface area contributed by atoms with Crippen LogP contribution >= 0.6 is 39.1 Å². The molecule has 21 N–H and O–H groups in total. The second kappa shape index (κ2) is 62.1. The van der Waals surface area contributed by atoms with Gasteiger partial charge in [0.25, 0.3) is 0 Å². The van der Waals surface area contributed by atoms with E-state index in [2.05, 4.69) is 22.9 Å². The largest absolute Gasteiger partial charge is 0.472 e. The van der Waals surface area contributed by atoms with Crippen molar-refractivity contribution in [3.05, 3.63) is 0 Å². The molecule has 0 aromatic heterocycles. The first kappa shape index (κ1) is 116. The van der Waals surface area contributed by atoms with E-state index < -0.39 is 290 Å². The molecular weight excluding hydrogens is 1760 g/mol. The summed E-state index contributed by atoms with van der Waals surface area (Å²) in [7, 11) is -27.1. The van der Waals surface area contributed by atoms with Crippen molar-refractivity contribution < 1.29 is 210 Å². The fourth-order valence-corrected chi connectivity index (χ4v) is 14.7. The molecular formula is C70H135N4O44P5. The number of hydrogen-bond acceptors (Lipinski definition) is 43. The molecule has 53 heteroatoms. The number of aliphatic hydroxyl groups excluding tert-OH is 8. The summed E-state index contributed by atoms with van der Waals surface area (Å²) in [6, 6.07) is -5.66. The van der Waals surface area contributed by atoms with Crippen molar-refractivity contribution in [2.45, 2.75) is 318 Å². The molecule has 0 aliphatic carbocycles. The highest BCUT2D eigenvalue weighted by atomic mass is 31.2. The molecule has 2 saturated heterocycles. The van der Waals surface area contributed by atoms with E-state index in [1.54, 1.807) is 0 Å². The van der Waals surface area contributed by atoms with Crippen LogP contribution in [0.15, 0.2) is 0 Å². The Morgan fingerprint density at radius 1 is 0.325 bits per heavy atom. The molecule has 0 saturated carbocycles. The summed E-state index contributed by atoms with van der Waals surface area (Å²) in [6.45, 7) is -5.95. The number of hydrogen-bond donors (Lipinski definition) is 17. The topological polar surface area (TPSA) is 739 Å². The standard InChI is InChI=1S/C70H135N4O44P5/c1-7-9-11-13-15-17-19-21-23-25-27-29-57(77)99-33-50(112-58(78)30-28-26-24-22-20-18-16-14-12-10-8-2)34-100-69-63(83)61(81)59(79)55(117-69)43-101-70-64(84)62(82)60(80)56(118-70)44-111-123(97,98)110-42-54(116-68(88)48(6)74)41-109-122(95,96)108-40-53(115-67(87)47(5)73)39-107-121(93,94)106-38-52(114-66(86)46(4)72)37-105-120(91,92)104-36-51(113-65(85)45(3)71)35-103-119(89,90)102-32-49(76)31-75/h45-56,59-64,69-70,75-76,79-84H,7-44,71-74H2,1-6H3,(H,89,90)(H,91,92)(H,93,94)(H,95,96)(H,97,98)/t45-,46-,47-,48-,49+,50-,51+,52+,53+,54+,55-,56-,59-,60-,61+,62+,63-,64-,69-,70-/m1/s1. The lowest BCUT2D eigenvalue weighted by molar-refractivity contribution is -0.332. The Balaban J connectivity index is 2.15. The number of nitrogens with two attached hydrogens (primary N) is 4. The molecule has 0 aromatic carbocycles. The van der Waals surface area contributed by atoms with Crippen LogP contribution in [0.2, 0.25) is 0 Å². The Bertz CT molecular complexity index is 3230. The van der Waals surface area contributed by atoms with Gasteiger partial charge in [-0.15, -0.1) is 0 Å². The minimum atomic E-state index is -5.55. The molecule has 2 aliphatic heterocycles. The van der Waals surface area contributed by atoms with Crippen molar-refractivity contribution in [3.8, 4) is 0 Å². The van der Waals surface area contributed by atoms with E-state index in [4.69, 9.17) is 112 Å². The zero-order valence-electron chi connectivity index (χ0n) is 70.4. The lowest BCUT2D eigenvalue weighted by Gasteiger charge is -2.43. The first-order valence-electron chi connectivity index (χ1n) is 41.0. The molecule has 724 valence electrons. The smallest absolute Gasteiger partial charge is 0.462 e. The third-order valence-corrected chi connectivity index (χ3v) is 22.7. The maximum atomic E-state index is 13.4. The van der Waals surface area contributed by atoms with Gasteiger partial charge in [-0.3, -0.25) is 74.0 Å². The lowest BCUT2D eigenvalue weighted by Crippen LogP contribution is -2.62. The van der Waals surface area contributed by atoms with Crippen LogP contribution in [0.1, 0.15) is 196 Å². The number of esters is 6. The van der Waals surface area contributed by atoms with Crippen molar-refractivity contribution in [1.29, 1.82) is 0 Å². The second-order valence-electron chi connectivity index (χ2n) is 29.6. The average molecular weight is 1890 g/mol. The number of unbranched alkanes of at least 4 members (excludes halogenated alkanes) is 20. The minimum absolute atomic E-state index is 0.0390. The van der Waals surface area contributed by atoms with E-state index in [0.717, 1.165) is 91.9 Å². The van der Waals surface area contributed by atoms with Gasteiger partial charge in [0.2, 0.25) is 0 Å². The van der Waals surface area contributed by atoms with E-state index in [1.807, 2.05) is 0 Å². The van der Waals surface area contributed by atoms with Crippen molar-refractivity contribution in [2.75, 3.05) is 92.5 Å². The molecule has 25 atom stereocenters. The van der Waals surface area contributed by atoms with Crippen LogP contribution < -0.4 is 22.9 Å². The van der Waals surface area contributed by atoms with Gasteiger partial charge in [-0.05, 0) is 40.5 Å². The first-order chi connectivity index (χ1) is 57.8. The maximum absolute atomic E-state index is 13.4. The third kappa shape index (κ3) is 52.4. The fourth-order valence-electron chi connectivity index (χ4n) is 10.8. The molecule has 123 heavy (non-hydrogen) atoms. The van der Waals surface area contributed by atoms with Crippen LogP contribution in [0.3, 0.4) is 0 Å². The third-order valence-electron chi connectivity index (χ3n) is 18.0. The van der Waals surface area contributed by atoms with E-state index in [0.29, 0.717) is 12.8 Å². The van der Waals surface area contributed by atoms with Crippen LogP contribution in [0, 0.1) is 0 Å². The number of aliphatic hydroxyl groups is 8. The number of rotatable bonds is 72. The summed E-state index contributed by atoms with van der Waals surface area (Å²) in [5, 5.41) is 84.1. The highest BCUT2D eigenvalue weighted by Gasteiger charge is 2.49. The fraction of sp³-hybridized carbons (Fsp3) is 0.914. The van der Waals surface area contributed by atoms with E-state index in [-0.39, 0.29) is 12.8 Å². The van der Waals surface area contributed by atoms with Crippen molar-refractivity contribution in [3.63, 3.8) is 0 Å². The van der Waals surface area contributed by atoms with Gasteiger partial charge >= 0.3 is 74.9 Å². The quantitative estimate of drug-likeness (QED) is 0.0178. The second-order valence-corrected chi connectivity index (χ2v) is 36.9. The molecule has 0 amide bonds. The Labute approximate surface area is 715 Å². The molecule has 0 radical (unpaired) electrons. The van der Waals surface area contributed by atoms with Crippen LogP contribution in [-0.4, -0.2) is 316 Å². The molecule has 0 spiro atoms. The van der Waals surface area contributed by atoms with E-state index in [1.165, 1.54) is 64.2 Å². The molecule has 5 unspecified atom stereocenters. The molecule has 48 nitrogen and oxygen atoms in total. The first-order valence-corrected chi connectivity index (χ1v) is 48.4. The summed E-state index contributed by atoms with van der Waals surface area (Å²) < 4.78 is 167. The van der Waals surface area contributed by atoms with Crippen molar-refractivity contribution >= 4 is 74.9 Å². The maximum Gasteiger partial charge on any atom is 0.472 e. The van der Waals surface area contributed by atoms with Gasteiger partial charge in [-0.25, -0.2) is 22.8 Å². The van der Waals surface area contributed by atoms with Crippen LogP contribution in [0.5, 0.6) is 0 Å². The van der Waals surface area contributed by atoms with Crippen LogP contribution in [0.25, 0.3) is 0 Å². The summed E-state index contributed by atoms with van der Waals surface area (Å²) in [5.41, 5.74) is 22.2. The van der Waals surface area contributed by atoms with Crippen molar-refractivity contribution in [1.82, 2.24) is 0 Å². The van der Waals surface area contributed by atoms with Gasteiger partial charge < -0.3 is 136 Å². The molecule has 0 aromatic rings. The molecule has 2 heterocycles. The predicted octanol–water partition coefficient (Wildman–Crippen LogP) is 1.55.